The van der Waals surface area contributed by atoms with Gasteiger partial charge in [0.05, 0.1) is 0 Å². The molecule has 0 aliphatic carbocycles. The maximum atomic E-state index is 11.7. The van der Waals surface area contributed by atoms with Crippen LogP contribution in [0.15, 0.2) is 0 Å². The van der Waals surface area contributed by atoms with Crippen molar-refractivity contribution >= 4 is 28.2 Å². The van der Waals surface area contributed by atoms with E-state index in [1.54, 1.807) is 0 Å². The molecule has 0 saturated carbocycles. The first-order chi connectivity index (χ1) is 8.22. The van der Waals surface area contributed by atoms with Crippen molar-refractivity contribution in [3.63, 3.8) is 0 Å². The number of piperazine rings is 1. The van der Waals surface area contributed by atoms with E-state index < -0.39 is 0 Å². The monoisotopic (exact) mass is 255 g/mol. The average molecular weight is 255 g/mol. The summed E-state index contributed by atoms with van der Waals surface area (Å²) < 4.78 is 0. The fourth-order valence-corrected chi connectivity index (χ4v) is 2.67. The van der Waals surface area contributed by atoms with Gasteiger partial charge < -0.3 is 21.3 Å². The SMILES string of the molecule is CCNC(=O)c1sc(N2CCNCC2)nc1N. The fraction of sp³-hybridized carbons (Fsp3) is 0.600. The van der Waals surface area contributed by atoms with Crippen LogP contribution in [0.25, 0.3) is 0 Å². The summed E-state index contributed by atoms with van der Waals surface area (Å²) in [7, 11) is 0. The Morgan fingerprint density at radius 1 is 1.59 bits per heavy atom. The molecule has 0 spiro atoms. The highest BCUT2D eigenvalue weighted by atomic mass is 32.1. The van der Waals surface area contributed by atoms with E-state index in [4.69, 9.17) is 5.73 Å². The van der Waals surface area contributed by atoms with Crippen LogP contribution in [-0.2, 0) is 0 Å². The number of nitrogens with one attached hydrogen (secondary N) is 2. The lowest BCUT2D eigenvalue weighted by Crippen LogP contribution is -2.43. The molecule has 1 saturated heterocycles. The van der Waals surface area contributed by atoms with Gasteiger partial charge in [-0.05, 0) is 6.92 Å². The summed E-state index contributed by atoms with van der Waals surface area (Å²) in [6.07, 6.45) is 0. The predicted molar refractivity (Wildman–Crippen MR) is 69.6 cm³/mol. The highest BCUT2D eigenvalue weighted by Gasteiger charge is 2.20. The Morgan fingerprint density at radius 2 is 2.29 bits per heavy atom. The Morgan fingerprint density at radius 3 is 2.94 bits per heavy atom. The lowest BCUT2D eigenvalue weighted by Gasteiger charge is -2.26. The first-order valence-corrected chi connectivity index (χ1v) is 6.54. The molecule has 1 aromatic rings. The van der Waals surface area contributed by atoms with E-state index in [-0.39, 0.29) is 5.91 Å². The number of hydrogen-bond acceptors (Lipinski definition) is 6. The molecule has 1 fully saturated rings. The van der Waals surface area contributed by atoms with Crippen LogP contribution in [0.4, 0.5) is 10.9 Å². The van der Waals surface area contributed by atoms with Crippen molar-refractivity contribution < 1.29 is 4.79 Å². The average Bonchev–Trinajstić information content (AvgIpc) is 2.73. The largest absolute Gasteiger partial charge is 0.382 e. The first-order valence-electron chi connectivity index (χ1n) is 5.72. The second kappa shape index (κ2) is 5.33. The summed E-state index contributed by atoms with van der Waals surface area (Å²) in [5.41, 5.74) is 5.78. The molecule has 1 aliphatic rings. The quantitative estimate of drug-likeness (QED) is 0.701. The van der Waals surface area contributed by atoms with Crippen molar-refractivity contribution in [2.45, 2.75) is 6.92 Å². The zero-order valence-electron chi connectivity index (χ0n) is 9.82. The van der Waals surface area contributed by atoms with E-state index in [9.17, 15) is 4.79 Å². The molecule has 2 heterocycles. The molecule has 4 N–H and O–H groups in total. The number of nitrogens with zero attached hydrogens (tertiary/aromatic N) is 2. The molecule has 0 aromatic carbocycles. The molecule has 17 heavy (non-hydrogen) atoms. The number of thiazole rings is 1. The normalized spacial score (nSPS) is 15.9. The van der Waals surface area contributed by atoms with Crippen LogP contribution in [0.2, 0.25) is 0 Å². The standard InChI is InChI=1S/C10H17N5OS/c1-2-13-9(16)7-8(11)14-10(17-7)15-5-3-12-4-6-15/h12H,2-6,11H2,1H3,(H,13,16). The third kappa shape index (κ3) is 2.67. The van der Waals surface area contributed by atoms with Gasteiger partial charge in [-0.15, -0.1) is 0 Å². The number of nitrogens with two attached hydrogens (primary N) is 1. The topological polar surface area (TPSA) is 83.3 Å². The van der Waals surface area contributed by atoms with Crippen LogP contribution in [-0.4, -0.2) is 43.6 Å². The summed E-state index contributed by atoms with van der Waals surface area (Å²) in [6.45, 7) is 6.17. The zero-order chi connectivity index (χ0) is 12.3. The van der Waals surface area contributed by atoms with Crippen LogP contribution in [0.3, 0.4) is 0 Å². The minimum atomic E-state index is -0.135. The van der Waals surface area contributed by atoms with Crippen LogP contribution >= 0.6 is 11.3 Å². The number of nitrogen functional groups attached to an aromatic ring is 1. The van der Waals surface area contributed by atoms with Crippen LogP contribution in [0, 0.1) is 0 Å². The van der Waals surface area contributed by atoms with E-state index in [1.165, 1.54) is 11.3 Å². The number of rotatable bonds is 3. The zero-order valence-corrected chi connectivity index (χ0v) is 10.6. The first kappa shape index (κ1) is 12.1. The number of anilines is 2. The summed E-state index contributed by atoms with van der Waals surface area (Å²) >= 11 is 1.36. The maximum absolute atomic E-state index is 11.7. The third-order valence-electron chi connectivity index (χ3n) is 2.57. The van der Waals surface area contributed by atoms with E-state index in [1.807, 2.05) is 6.92 Å². The highest BCUT2D eigenvalue weighted by Crippen LogP contribution is 2.28. The van der Waals surface area contributed by atoms with E-state index in [0.717, 1.165) is 31.3 Å². The molecule has 0 unspecified atom stereocenters. The summed E-state index contributed by atoms with van der Waals surface area (Å²) in [6, 6.07) is 0. The summed E-state index contributed by atoms with van der Waals surface area (Å²) in [4.78, 5) is 18.6. The molecular weight excluding hydrogens is 238 g/mol. The van der Waals surface area contributed by atoms with Crippen LogP contribution in [0.1, 0.15) is 16.6 Å². The molecule has 0 bridgehead atoms. The Bertz CT molecular complexity index is 399. The molecule has 1 aliphatic heterocycles. The van der Waals surface area contributed by atoms with E-state index in [2.05, 4.69) is 20.5 Å². The van der Waals surface area contributed by atoms with Crippen molar-refractivity contribution in [1.82, 2.24) is 15.6 Å². The third-order valence-corrected chi connectivity index (χ3v) is 3.70. The minimum Gasteiger partial charge on any atom is -0.382 e. The van der Waals surface area contributed by atoms with E-state index >= 15 is 0 Å². The van der Waals surface area contributed by atoms with Crippen molar-refractivity contribution in [2.75, 3.05) is 43.4 Å². The molecule has 1 aromatic heterocycles. The maximum Gasteiger partial charge on any atom is 0.265 e. The van der Waals surface area contributed by atoms with Crippen molar-refractivity contribution in [3.8, 4) is 0 Å². The van der Waals surface area contributed by atoms with Gasteiger partial charge in [-0.25, -0.2) is 4.98 Å². The fourth-order valence-electron chi connectivity index (χ4n) is 1.72. The van der Waals surface area contributed by atoms with Gasteiger partial charge in [0, 0.05) is 32.7 Å². The van der Waals surface area contributed by atoms with Crippen molar-refractivity contribution in [3.05, 3.63) is 4.88 Å². The van der Waals surface area contributed by atoms with Gasteiger partial charge in [-0.3, -0.25) is 4.79 Å². The van der Waals surface area contributed by atoms with Crippen molar-refractivity contribution in [1.29, 1.82) is 0 Å². The van der Waals surface area contributed by atoms with Crippen LogP contribution in [0.5, 0.6) is 0 Å². The van der Waals surface area contributed by atoms with Gasteiger partial charge in [0.25, 0.3) is 5.91 Å². The van der Waals surface area contributed by atoms with Crippen LogP contribution < -0.4 is 21.3 Å². The second-order valence-corrected chi connectivity index (χ2v) is 4.78. The smallest absolute Gasteiger partial charge is 0.265 e. The summed E-state index contributed by atoms with van der Waals surface area (Å²) in [5.74, 6) is 0.193. The second-order valence-electron chi connectivity index (χ2n) is 3.81. The van der Waals surface area contributed by atoms with Gasteiger partial charge in [-0.1, -0.05) is 11.3 Å². The number of hydrogen-bond donors (Lipinski definition) is 3. The number of carbonyl (C=O) groups is 1. The van der Waals surface area contributed by atoms with Gasteiger partial charge in [0.15, 0.2) is 5.13 Å². The Labute approximate surface area is 104 Å². The predicted octanol–water partition coefficient (Wildman–Crippen LogP) is -0.115. The highest BCUT2D eigenvalue weighted by molar-refractivity contribution is 7.18. The number of aromatic nitrogens is 1. The molecular formula is C10H17N5OS. The van der Waals surface area contributed by atoms with Crippen molar-refractivity contribution in [2.24, 2.45) is 0 Å². The lowest BCUT2D eigenvalue weighted by molar-refractivity contribution is 0.0960. The molecule has 1 amide bonds. The Hall–Kier alpha value is -1.34. The van der Waals surface area contributed by atoms with Gasteiger partial charge in [0.1, 0.15) is 10.7 Å². The van der Waals surface area contributed by atoms with Gasteiger partial charge in [-0.2, -0.15) is 0 Å². The van der Waals surface area contributed by atoms with Gasteiger partial charge >= 0.3 is 0 Å². The molecule has 0 radical (unpaired) electrons. The molecule has 7 heteroatoms. The molecule has 6 nitrogen and oxygen atoms in total. The molecule has 94 valence electrons. The Kier molecular flexibility index (Phi) is 3.80. The Balaban J connectivity index is 2.14. The minimum absolute atomic E-state index is 0.135. The van der Waals surface area contributed by atoms with E-state index in [0.29, 0.717) is 17.2 Å². The lowest BCUT2D eigenvalue weighted by atomic mass is 10.4. The molecule has 2 rings (SSSR count). The number of carbonyl (C=O) groups excluding carboxylic acids is 1. The summed E-state index contributed by atoms with van der Waals surface area (Å²) in [5, 5.41) is 6.85. The van der Waals surface area contributed by atoms with Gasteiger partial charge in [0.2, 0.25) is 0 Å². The molecule has 0 atom stereocenters. The number of amides is 1.